The number of nitrogens with zero attached hydrogens (tertiary/aromatic N) is 2. The normalized spacial score (nSPS) is 14.5. The lowest BCUT2D eigenvalue weighted by Gasteiger charge is -2.15. The zero-order valence-corrected chi connectivity index (χ0v) is 16.3. The first kappa shape index (κ1) is 19.7. The van der Waals surface area contributed by atoms with E-state index in [1.54, 1.807) is 25.9 Å². The summed E-state index contributed by atoms with van der Waals surface area (Å²) in [6.45, 7) is 1.55. The summed E-state index contributed by atoms with van der Waals surface area (Å²) < 4.78 is 5.25. The van der Waals surface area contributed by atoms with Crippen LogP contribution in [0.25, 0.3) is 0 Å². The first-order chi connectivity index (χ1) is 10.8. The molecule has 5 nitrogen and oxygen atoms in total. The van der Waals surface area contributed by atoms with E-state index >= 15 is 0 Å². The topological polar surface area (TPSA) is 58.5 Å². The van der Waals surface area contributed by atoms with Gasteiger partial charge in [-0.1, -0.05) is 17.7 Å². The predicted molar refractivity (Wildman–Crippen MR) is 106 cm³/mol. The number of ether oxygens (including phenoxy) is 1. The van der Waals surface area contributed by atoms with Gasteiger partial charge in [0.1, 0.15) is 0 Å². The molecule has 0 saturated heterocycles. The SMILES string of the molecule is CN=C(NCCC1=CCCCC1)NCc1cccnc1OC.I. The Morgan fingerprint density at radius 3 is 2.91 bits per heavy atom. The molecule has 23 heavy (non-hydrogen) atoms. The number of pyridine rings is 1. The Morgan fingerprint density at radius 1 is 1.35 bits per heavy atom. The van der Waals surface area contributed by atoms with Gasteiger partial charge in [0.2, 0.25) is 5.88 Å². The second kappa shape index (κ2) is 11.3. The zero-order chi connectivity index (χ0) is 15.6. The summed E-state index contributed by atoms with van der Waals surface area (Å²) in [7, 11) is 3.42. The molecule has 1 aliphatic carbocycles. The number of aliphatic imine (C=N–C) groups is 1. The highest BCUT2D eigenvalue weighted by Crippen LogP contribution is 2.19. The van der Waals surface area contributed by atoms with Crippen molar-refractivity contribution in [1.82, 2.24) is 15.6 Å². The molecule has 0 radical (unpaired) electrons. The van der Waals surface area contributed by atoms with E-state index in [1.165, 1.54) is 25.7 Å². The average Bonchev–Trinajstić information content (AvgIpc) is 2.59. The Morgan fingerprint density at radius 2 is 2.22 bits per heavy atom. The maximum atomic E-state index is 5.25. The van der Waals surface area contributed by atoms with Crippen molar-refractivity contribution in [3.8, 4) is 5.88 Å². The number of aromatic nitrogens is 1. The fourth-order valence-electron chi connectivity index (χ4n) is 2.62. The first-order valence-corrected chi connectivity index (χ1v) is 7.94. The highest BCUT2D eigenvalue weighted by Gasteiger charge is 2.06. The van der Waals surface area contributed by atoms with Crippen molar-refractivity contribution in [2.75, 3.05) is 20.7 Å². The Labute approximate surface area is 156 Å². The molecule has 1 aliphatic rings. The van der Waals surface area contributed by atoms with Crippen LogP contribution in [-0.4, -0.2) is 31.6 Å². The number of nitrogens with one attached hydrogen (secondary N) is 2. The molecule has 1 aromatic heterocycles. The van der Waals surface area contributed by atoms with E-state index in [4.69, 9.17) is 4.74 Å². The van der Waals surface area contributed by atoms with Crippen LogP contribution in [0, 0.1) is 0 Å². The van der Waals surface area contributed by atoms with Gasteiger partial charge in [-0.25, -0.2) is 4.98 Å². The van der Waals surface area contributed by atoms with Crippen LogP contribution in [-0.2, 0) is 6.54 Å². The van der Waals surface area contributed by atoms with Gasteiger partial charge in [0, 0.05) is 31.9 Å². The molecule has 128 valence electrons. The summed E-state index contributed by atoms with van der Waals surface area (Å²) >= 11 is 0. The summed E-state index contributed by atoms with van der Waals surface area (Å²) in [6, 6.07) is 3.91. The van der Waals surface area contributed by atoms with Crippen LogP contribution in [0.5, 0.6) is 5.88 Å². The fourth-order valence-corrected chi connectivity index (χ4v) is 2.62. The number of methoxy groups -OCH3 is 1. The molecule has 6 heteroatoms. The summed E-state index contributed by atoms with van der Waals surface area (Å²) in [5.74, 6) is 1.46. The Kier molecular flexibility index (Phi) is 9.66. The number of halogens is 1. The summed E-state index contributed by atoms with van der Waals surface area (Å²) in [5, 5.41) is 6.66. The maximum absolute atomic E-state index is 5.25. The number of rotatable bonds is 6. The number of hydrogen-bond acceptors (Lipinski definition) is 3. The predicted octanol–water partition coefficient (Wildman–Crippen LogP) is 3.26. The summed E-state index contributed by atoms with van der Waals surface area (Å²) in [5.41, 5.74) is 2.59. The Balaban J connectivity index is 0.00000264. The third kappa shape index (κ3) is 6.76. The molecule has 1 aromatic rings. The molecule has 0 spiro atoms. The van der Waals surface area contributed by atoms with E-state index in [0.29, 0.717) is 12.4 Å². The summed E-state index contributed by atoms with van der Waals surface area (Å²) in [4.78, 5) is 8.45. The van der Waals surface area contributed by atoms with Gasteiger partial charge in [0.25, 0.3) is 0 Å². The molecule has 0 aromatic carbocycles. The standard InChI is InChI=1S/C17H26N4O.HI/c1-18-17(20-12-10-14-7-4-3-5-8-14)21-13-15-9-6-11-19-16(15)22-2;/h6-7,9,11H,3-5,8,10,12-13H2,1-2H3,(H2,18,20,21);1H. The van der Waals surface area contributed by atoms with E-state index in [9.17, 15) is 0 Å². The smallest absolute Gasteiger partial charge is 0.218 e. The van der Waals surface area contributed by atoms with Gasteiger partial charge in [-0.2, -0.15) is 0 Å². The number of allylic oxidation sites excluding steroid dienone is 1. The van der Waals surface area contributed by atoms with Crippen LogP contribution in [0.15, 0.2) is 35.0 Å². The zero-order valence-electron chi connectivity index (χ0n) is 14.0. The molecule has 0 aliphatic heterocycles. The van der Waals surface area contributed by atoms with Gasteiger partial charge in [0.05, 0.1) is 7.11 Å². The van der Waals surface area contributed by atoms with E-state index in [0.717, 1.165) is 24.5 Å². The van der Waals surface area contributed by atoms with Crippen molar-refractivity contribution in [2.45, 2.75) is 38.6 Å². The number of guanidine groups is 1. The van der Waals surface area contributed by atoms with Gasteiger partial charge in [-0.15, -0.1) is 24.0 Å². The minimum Gasteiger partial charge on any atom is -0.481 e. The van der Waals surface area contributed by atoms with Gasteiger partial charge in [-0.3, -0.25) is 4.99 Å². The molecule has 0 bridgehead atoms. The van der Waals surface area contributed by atoms with Crippen LogP contribution >= 0.6 is 24.0 Å². The van der Waals surface area contributed by atoms with Crippen molar-refractivity contribution >= 4 is 29.9 Å². The Hall–Kier alpha value is -1.31. The Bertz CT molecular complexity index is 531. The average molecular weight is 430 g/mol. The highest BCUT2D eigenvalue weighted by atomic mass is 127. The number of hydrogen-bond donors (Lipinski definition) is 2. The molecule has 0 unspecified atom stereocenters. The molecule has 0 fully saturated rings. The quantitative estimate of drug-likeness (QED) is 0.315. The molecule has 1 heterocycles. The van der Waals surface area contributed by atoms with Crippen LogP contribution in [0.1, 0.15) is 37.7 Å². The van der Waals surface area contributed by atoms with E-state index in [1.807, 2.05) is 12.1 Å². The second-order valence-corrected chi connectivity index (χ2v) is 5.38. The van der Waals surface area contributed by atoms with E-state index in [-0.39, 0.29) is 24.0 Å². The van der Waals surface area contributed by atoms with Crippen molar-refractivity contribution in [2.24, 2.45) is 4.99 Å². The van der Waals surface area contributed by atoms with Gasteiger partial charge >= 0.3 is 0 Å². The molecular formula is C17H27IN4O. The van der Waals surface area contributed by atoms with E-state index < -0.39 is 0 Å². The first-order valence-electron chi connectivity index (χ1n) is 7.94. The van der Waals surface area contributed by atoms with Crippen LogP contribution < -0.4 is 15.4 Å². The molecule has 2 rings (SSSR count). The van der Waals surface area contributed by atoms with Crippen molar-refractivity contribution in [3.05, 3.63) is 35.5 Å². The second-order valence-electron chi connectivity index (χ2n) is 5.38. The molecule has 0 saturated carbocycles. The lowest BCUT2D eigenvalue weighted by atomic mass is 9.97. The molecule has 0 atom stereocenters. The monoisotopic (exact) mass is 430 g/mol. The van der Waals surface area contributed by atoms with Gasteiger partial charge < -0.3 is 15.4 Å². The van der Waals surface area contributed by atoms with Crippen molar-refractivity contribution < 1.29 is 4.74 Å². The van der Waals surface area contributed by atoms with Crippen molar-refractivity contribution in [1.29, 1.82) is 0 Å². The molecule has 0 amide bonds. The maximum Gasteiger partial charge on any atom is 0.218 e. The highest BCUT2D eigenvalue weighted by molar-refractivity contribution is 14.0. The van der Waals surface area contributed by atoms with Gasteiger partial charge in [0.15, 0.2) is 5.96 Å². The third-order valence-electron chi connectivity index (χ3n) is 3.84. The largest absolute Gasteiger partial charge is 0.481 e. The van der Waals surface area contributed by atoms with Crippen LogP contribution in [0.3, 0.4) is 0 Å². The van der Waals surface area contributed by atoms with Crippen molar-refractivity contribution in [3.63, 3.8) is 0 Å². The van der Waals surface area contributed by atoms with Crippen LogP contribution in [0.4, 0.5) is 0 Å². The fraction of sp³-hybridized carbons (Fsp3) is 0.529. The lowest BCUT2D eigenvalue weighted by molar-refractivity contribution is 0.392. The molecule has 2 N–H and O–H groups in total. The third-order valence-corrected chi connectivity index (χ3v) is 3.84. The lowest BCUT2D eigenvalue weighted by Crippen LogP contribution is -2.37. The minimum atomic E-state index is 0. The van der Waals surface area contributed by atoms with Crippen LogP contribution in [0.2, 0.25) is 0 Å². The molecular weight excluding hydrogens is 403 g/mol. The van der Waals surface area contributed by atoms with E-state index in [2.05, 4.69) is 26.7 Å². The summed E-state index contributed by atoms with van der Waals surface area (Å²) in [6.07, 6.45) is 10.4. The minimum absolute atomic E-state index is 0. The van der Waals surface area contributed by atoms with Gasteiger partial charge in [-0.05, 0) is 38.2 Å².